The van der Waals surface area contributed by atoms with Crippen LogP contribution in [0.5, 0.6) is 0 Å². The van der Waals surface area contributed by atoms with Crippen molar-refractivity contribution in [3.8, 4) is 0 Å². The van der Waals surface area contributed by atoms with Gasteiger partial charge >= 0.3 is 5.97 Å². The topological polar surface area (TPSA) is 46.6 Å². The number of Topliss-reactive ketones (excluding diaryl/α,β-unsaturated/α-hetero) is 1. The maximum atomic E-state index is 11.3. The van der Waals surface area contributed by atoms with Crippen molar-refractivity contribution in [3.63, 3.8) is 0 Å². The highest BCUT2D eigenvalue weighted by atomic mass is 35.5. The van der Waals surface area contributed by atoms with Crippen LogP contribution < -0.4 is 0 Å². The predicted octanol–water partition coefficient (Wildman–Crippen LogP) is 0.803. The molecule has 0 aliphatic carbocycles. The van der Waals surface area contributed by atoms with Crippen molar-refractivity contribution < 1.29 is 14.3 Å². The molecule has 0 unspecified atom stereocenters. The molecule has 0 bridgehead atoms. The van der Waals surface area contributed by atoms with Crippen LogP contribution in [0.4, 0.5) is 0 Å². The Bertz CT molecular complexity index is 248. The van der Waals surface area contributed by atoms with Gasteiger partial charge in [-0.2, -0.15) is 0 Å². The van der Waals surface area contributed by atoms with Crippen LogP contribution in [-0.4, -0.2) is 43.2 Å². The smallest absolute Gasteiger partial charge is 0.343 e. The molecule has 0 aromatic heterocycles. The summed E-state index contributed by atoms with van der Waals surface area (Å²) in [6.45, 7) is 1.91. The third-order valence-corrected chi connectivity index (χ3v) is 1.55. The molecule has 0 fully saturated rings. The summed E-state index contributed by atoms with van der Waals surface area (Å²) in [5.41, 5.74) is -0.0214. The van der Waals surface area contributed by atoms with Crippen LogP contribution in [0.25, 0.3) is 0 Å². The Morgan fingerprint density at radius 1 is 1.43 bits per heavy atom. The van der Waals surface area contributed by atoms with Gasteiger partial charge in [-0.1, -0.05) is 0 Å². The Labute approximate surface area is 88.5 Å². The summed E-state index contributed by atoms with van der Waals surface area (Å²) < 4.78 is 4.71. The van der Waals surface area contributed by atoms with Gasteiger partial charge in [-0.3, -0.25) is 4.79 Å². The summed E-state index contributed by atoms with van der Waals surface area (Å²) in [5.74, 6) is -1.29. The largest absolute Gasteiger partial charge is 0.462 e. The molecule has 0 aliphatic rings. The Balaban J connectivity index is 4.72. The van der Waals surface area contributed by atoms with Crippen molar-refractivity contribution >= 4 is 23.4 Å². The molecule has 0 saturated heterocycles. The summed E-state index contributed by atoms with van der Waals surface area (Å²) in [5, 5.41) is 0. The zero-order chi connectivity index (χ0) is 11.1. The normalized spacial score (nSPS) is 11.0. The highest BCUT2D eigenvalue weighted by molar-refractivity contribution is 6.34. The average Bonchev–Trinajstić information content (AvgIpc) is 2.13. The molecule has 0 rings (SSSR count). The van der Waals surface area contributed by atoms with E-state index in [0.29, 0.717) is 0 Å². The second-order valence-electron chi connectivity index (χ2n) is 2.78. The Hall–Kier alpha value is -1.03. The molecular weight excluding hydrogens is 206 g/mol. The first kappa shape index (κ1) is 13.0. The van der Waals surface area contributed by atoms with E-state index in [0.717, 1.165) is 0 Å². The van der Waals surface area contributed by atoms with Crippen molar-refractivity contribution in [2.75, 3.05) is 26.6 Å². The van der Waals surface area contributed by atoms with Gasteiger partial charge in [0.05, 0.1) is 12.5 Å². The molecule has 0 aliphatic heterocycles. The maximum Gasteiger partial charge on any atom is 0.343 e. The van der Waals surface area contributed by atoms with Crippen molar-refractivity contribution in [1.29, 1.82) is 0 Å². The first-order valence-corrected chi connectivity index (χ1v) is 4.70. The summed E-state index contributed by atoms with van der Waals surface area (Å²) >= 11 is 5.36. The fourth-order valence-corrected chi connectivity index (χ4v) is 0.922. The number of ether oxygens (including phenoxy) is 1. The third kappa shape index (κ3) is 4.28. The molecule has 0 saturated carbocycles. The van der Waals surface area contributed by atoms with Crippen LogP contribution >= 0.6 is 11.6 Å². The van der Waals surface area contributed by atoms with Crippen LogP contribution in [0.15, 0.2) is 11.8 Å². The molecule has 4 nitrogen and oxygen atoms in total. The van der Waals surface area contributed by atoms with E-state index in [9.17, 15) is 9.59 Å². The first-order chi connectivity index (χ1) is 6.52. The van der Waals surface area contributed by atoms with Gasteiger partial charge in [0.25, 0.3) is 0 Å². The van der Waals surface area contributed by atoms with Crippen LogP contribution in [0.2, 0.25) is 0 Å². The van der Waals surface area contributed by atoms with Gasteiger partial charge in [-0.05, 0) is 6.92 Å². The molecule has 0 amide bonds. The number of carbonyl (C=O) groups is 2. The van der Waals surface area contributed by atoms with Crippen molar-refractivity contribution in [2.24, 2.45) is 0 Å². The lowest BCUT2D eigenvalue weighted by Gasteiger charge is -2.09. The fourth-order valence-electron chi connectivity index (χ4n) is 0.778. The molecule has 80 valence electrons. The maximum absolute atomic E-state index is 11.3. The van der Waals surface area contributed by atoms with Gasteiger partial charge in [-0.15, -0.1) is 11.6 Å². The second kappa shape index (κ2) is 6.43. The number of halogens is 1. The molecule has 0 N–H and O–H groups in total. The molecule has 0 aromatic carbocycles. The van der Waals surface area contributed by atoms with Crippen molar-refractivity contribution in [1.82, 2.24) is 4.90 Å². The quantitative estimate of drug-likeness (QED) is 0.226. The van der Waals surface area contributed by atoms with Crippen LogP contribution in [0, 0.1) is 0 Å². The van der Waals surface area contributed by atoms with Crippen molar-refractivity contribution in [2.45, 2.75) is 6.92 Å². The van der Waals surface area contributed by atoms with Gasteiger partial charge in [0.1, 0.15) is 5.57 Å². The molecule has 5 heteroatoms. The SMILES string of the molecule is CCOC(=O)/C(=C\N(C)C)C(=O)CCl. The van der Waals surface area contributed by atoms with E-state index in [2.05, 4.69) is 0 Å². The molecule has 0 spiro atoms. The number of nitrogens with zero attached hydrogens (tertiary/aromatic N) is 1. The van der Waals surface area contributed by atoms with Crippen LogP contribution in [-0.2, 0) is 14.3 Å². The van der Waals surface area contributed by atoms with E-state index in [4.69, 9.17) is 16.3 Å². The minimum atomic E-state index is -0.633. The third-order valence-electron chi connectivity index (χ3n) is 1.30. The summed E-state index contributed by atoms with van der Waals surface area (Å²) in [4.78, 5) is 24.1. The second-order valence-corrected chi connectivity index (χ2v) is 3.05. The predicted molar refractivity (Wildman–Crippen MR) is 54.1 cm³/mol. The summed E-state index contributed by atoms with van der Waals surface area (Å²) in [7, 11) is 3.42. The molecule has 0 atom stereocenters. The number of hydrogen-bond donors (Lipinski definition) is 0. The molecular formula is C9H14ClNO3. The number of esters is 1. The monoisotopic (exact) mass is 219 g/mol. The number of ketones is 1. The van der Waals surface area contributed by atoms with E-state index in [1.165, 1.54) is 6.20 Å². The number of hydrogen-bond acceptors (Lipinski definition) is 4. The van der Waals surface area contributed by atoms with Gasteiger partial charge in [-0.25, -0.2) is 4.79 Å². The summed E-state index contributed by atoms with van der Waals surface area (Å²) in [6, 6.07) is 0. The van der Waals surface area contributed by atoms with E-state index in [1.54, 1.807) is 25.9 Å². The minimum absolute atomic E-state index is 0.0214. The minimum Gasteiger partial charge on any atom is -0.462 e. The van der Waals surface area contributed by atoms with Gasteiger partial charge in [0.15, 0.2) is 5.78 Å². The fraction of sp³-hybridized carbons (Fsp3) is 0.556. The van der Waals surface area contributed by atoms with E-state index >= 15 is 0 Å². The highest BCUT2D eigenvalue weighted by Crippen LogP contribution is 2.03. The Kier molecular flexibility index (Phi) is 5.95. The molecule has 0 aromatic rings. The first-order valence-electron chi connectivity index (χ1n) is 4.17. The number of rotatable bonds is 5. The zero-order valence-corrected chi connectivity index (χ0v) is 9.30. The van der Waals surface area contributed by atoms with Gasteiger partial charge < -0.3 is 9.64 Å². The van der Waals surface area contributed by atoms with Crippen molar-refractivity contribution in [3.05, 3.63) is 11.8 Å². The Morgan fingerprint density at radius 2 is 2.00 bits per heavy atom. The van der Waals surface area contributed by atoms with E-state index in [-0.39, 0.29) is 18.1 Å². The standard InChI is InChI=1S/C9H14ClNO3/c1-4-14-9(13)7(6-11(2)3)8(12)5-10/h6H,4-5H2,1-3H3/b7-6-. The highest BCUT2D eigenvalue weighted by Gasteiger charge is 2.18. The lowest BCUT2D eigenvalue weighted by Crippen LogP contribution is -2.19. The molecule has 14 heavy (non-hydrogen) atoms. The molecule has 0 heterocycles. The number of alkyl halides is 1. The average molecular weight is 220 g/mol. The van der Waals surface area contributed by atoms with E-state index < -0.39 is 11.8 Å². The lowest BCUT2D eigenvalue weighted by molar-refractivity contribution is -0.139. The number of carbonyl (C=O) groups excluding carboxylic acids is 2. The lowest BCUT2D eigenvalue weighted by atomic mass is 10.2. The zero-order valence-electron chi connectivity index (χ0n) is 8.54. The summed E-state index contributed by atoms with van der Waals surface area (Å²) in [6.07, 6.45) is 1.41. The van der Waals surface area contributed by atoms with E-state index in [1.807, 2.05) is 0 Å². The van der Waals surface area contributed by atoms with Gasteiger partial charge in [0.2, 0.25) is 0 Å². The van der Waals surface area contributed by atoms with Crippen LogP contribution in [0.3, 0.4) is 0 Å². The van der Waals surface area contributed by atoms with Crippen LogP contribution in [0.1, 0.15) is 6.92 Å². The molecule has 0 radical (unpaired) electrons. The van der Waals surface area contributed by atoms with Gasteiger partial charge in [0, 0.05) is 20.3 Å². The Morgan fingerprint density at radius 3 is 2.36 bits per heavy atom.